The zero-order valence-corrected chi connectivity index (χ0v) is 19.4. The molecule has 0 aliphatic heterocycles. The number of rotatable bonds is 8. The average Bonchev–Trinajstić information content (AvgIpc) is 2.81. The molecule has 3 aromatic carbocycles. The Hall–Kier alpha value is -3.44. The minimum Gasteiger partial charge on any atom is -0.321 e. The van der Waals surface area contributed by atoms with E-state index < -0.39 is 11.8 Å². The normalized spacial score (nSPS) is 11.2. The Morgan fingerprint density at radius 3 is 2.33 bits per heavy atom. The van der Waals surface area contributed by atoms with E-state index in [1.54, 1.807) is 30.3 Å². The van der Waals surface area contributed by atoms with Crippen LogP contribution < -0.4 is 10.6 Å². The van der Waals surface area contributed by atoms with E-state index in [1.807, 2.05) is 19.1 Å². The summed E-state index contributed by atoms with van der Waals surface area (Å²) in [6.07, 6.45) is 4.63. The lowest BCUT2D eigenvalue weighted by molar-refractivity contribution is -0.113. The molecule has 0 aromatic heterocycles. The monoisotopic (exact) mass is 464 g/mol. The van der Waals surface area contributed by atoms with Gasteiger partial charge in [-0.1, -0.05) is 55.3 Å². The van der Waals surface area contributed by atoms with Crippen molar-refractivity contribution < 1.29 is 14.0 Å². The Balaban J connectivity index is 1.83. The topological polar surface area (TPSA) is 58.2 Å². The van der Waals surface area contributed by atoms with Gasteiger partial charge in [0.1, 0.15) is 11.5 Å². The second-order valence-corrected chi connectivity index (χ2v) is 8.19. The van der Waals surface area contributed by atoms with Crippen molar-refractivity contribution in [2.75, 3.05) is 5.32 Å². The molecule has 2 N–H and O–H groups in total. The molecule has 2 amide bonds. The highest BCUT2D eigenvalue weighted by Crippen LogP contribution is 2.20. The lowest BCUT2D eigenvalue weighted by atomic mass is 10.1. The molecule has 0 spiro atoms. The Bertz CT molecular complexity index is 1160. The van der Waals surface area contributed by atoms with Crippen LogP contribution in [0, 0.1) is 12.7 Å². The summed E-state index contributed by atoms with van der Waals surface area (Å²) in [6.45, 7) is 3.99. The number of amides is 2. The first-order chi connectivity index (χ1) is 15.9. The average molecular weight is 465 g/mol. The molecule has 6 heteroatoms. The number of carbonyl (C=O) groups excluding carboxylic acids is 2. The Morgan fingerprint density at radius 2 is 1.70 bits per heavy atom. The van der Waals surface area contributed by atoms with Crippen molar-refractivity contribution in [3.63, 3.8) is 0 Å². The molecule has 33 heavy (non-hydrogen) atoms. The number of aryl methyl sites for hydroxylation is 2. The predicted molar refractivity (Wildman–Crippen MR) is 132 cm³/mol. The number of benzene rings is 3. The van der Waals surface area contributed by atoms with Gasteiger partial charge in [-0.3, -0.25) is 9.59 Å². The highest BCUT2D eigenvalue weighted by Gasteiger charge is 2.16. The molecule has 3 aromatic rings. The number of nitrogens with one attached hydrogen (secondary N) is 2. The highest BCUT2D eigenvalue weighted by atomic mass is 35.5. The molecule has 4 nitrogen and oxygen atoms in total. The third-order valence-corrected chi connectivity index (χ3v) is 5.55. The molecular weight excluding hydrogens is 439 g/mol. The fourth-order valence-electron chi connectivity index (χ4n) is 3.15. The van der Waals surface area contributed by atoms with E-state index in [2.05, 4.69) is 17.6 Å². The highest BCUT2D eigenvalue weighted by molar-refractivity contribution is 6.31. The van der Waals surface area contributed by atoms with Crippen molar-refractivity contribution in [3.8, 4) is 0 Å². The Labute approximate surface area is 198 Å². The largest absolute Gasteiger partial charge is 0.321 e. The van der Waals surface area contributed by atoms with E-state index in [0.29, 0.717) is 21.8 Å². The van der Waals surface area contributed by atoms with Gasteiger partial charge in [-0.05, 0) is 78.9 Å². The zero-order valence-electron chi connectivity index (χ0n) is 18.6. The summed E-state index contributed by atoms with van der Waals surface area (Å²) in [6, 6.07) is 18.1. The van der Waals surface area contributed by atoms with Crippen LogP contribution in [-0.2, 0) is 11.2 Å². The van der Waals surface area contributed by atoms with E-state index in [1.165, 1.54) is 30.3 Å². The first-order valence-corrected chi connectivity index (χ1v) is 11.2. The van der Waals surface area contributed by atoms with Crippen molar-refractivity contribution in [2.45, 2.75) is 33.1 Å². The molecule has 0 atom stereocenters. The summed E-state index contributed by atoms with van der Waals surface area (Å²) in [5.41, 5.74) is 3.57. The maximum Gasteiger partial charge on any atom is 0.272 e. The maximum atomic E-state index is 13.3. The van der Waals surface area contributed by atoms with E-state index in [0.717, 1.165) is 30.4 Å². The van der Waals surface area contributed by atoms with E-state index >= 15 is 0 Å². The van der Waals surface area contributed by atoms with Crippen LogP contribution in [-0.4, -0.2) is 11.8 Å². The van der Waals surface area contributed by atoms with Crippen molar-refractivity contribution in [1.29, 1.82) is 0 Å². The summed E-state index contributed by atoms with van der Waals surface area (Å²) in [5.74, 6) is -1.32. The van der Waals surface area contributed by atoms with Crippen molar-refractivity contribution in [3.05, 3.63) is 106 Å². The molecule has 0 radical (unpaired) electrons. The minimum atomic E-state index is -0.521. The Morgan fingerprint density at radius 1 is 1.00 bits per heavy atom. The molecule has 0 heterocycles. The summed E-state index contributed by atoms with van der Waals surface area (Å²) < 4.78 is 13.3. The van der Waals surface area contributed by atoms with E-state index in [4.69, 9.17) is 11.6 Å². The van der Waals surface area contributed by atoms with Gasteiger partial charge in [-0.25, -0.2) is 4.39 Å². The van der Waals surface area contributed by atoms with Gasteiger partial charge in [-0.15, -0.1) is 0 Å². The van der Waals surface area contributed by atoms with Crippen LogP contribution in [0.4, 0.5) is 10.1 Å². The molecule has 0 fully saturated rings. The summed E-state index contributed by atoms with van der Waals surface area (Å²) in [4.78, 5) is 25.9. The number of carbonyl (C=O) groups is 2. The molecule has 0 unspecified atom stereocenters. The van der Waals surface area contributed by atoms with Crippen molar-refractivity contribution in [1.82, 2.24) is 5.32 Å². The van der Waals surface area contributed by atoms with Crippen LogP contribution in [0.2, 0.25) is 5.02 Å². The third-order valence-electron chi connectivity index (χ3n) is 5.14. The minimum absolute atomic E-state index is 0.0263. The van der Waals surface area contributed by atoms with Gasteiger partial charge in [0, 0.05) is 16.3 Å². The van der Waals surface area contributed by atoms with Gasteiger partial charge in [0.05, 0.1) is 0 Å². The third kappa shape index (κ3) is 7.02. The van der Waals surface area contributed by atoms with Crippen LogP contribution in [0.3, 0.4) is 0 Å². The number of halogens is 2. The number of anilines is 1. The Kier molecular flexibility index (Phi) is 8.39. The molecule has 0 saturated carbocycles. The van der Waals surface area contributed by atoms with Crippen LogP contribution in [0.25, 0.3) is 6.08 Å². The van der Waals surface area contributed by atoms with Crippen LogP contribution in [0.15, 0.2) is 72.4 Å². The van der Waals surface area contributed by atoms with Gasteiger partial charge < -0.3 is 10.6 Å². The molecule has 0 bridgehead atoms. The number of hydrogen-bond donors (Lipinski definition) is 2. The lowest BCUT2D eigenvalue weighted by Gasteiger charge is -2.12. The maximum absolute atomic E-state index is 13.3. The number of hydrogen-bond acceptors (Lipinski definition) is 2. The van der Waals surface area contributed by atoms with Crippen molar-refractivity contribution >= 4 is 35.2 Å². The second kappa shape index (κ2) is 11.4. The van der Waals surface area contributed by atoms with E-state index in [9.17, 15) is 14.0 Å². The zero-order chi connectivity index (χ0) is 23.8. The number of unbranched alkanes of at least 4 members (excludes halogenated alkanes) is 1. The van der Waals surface area contributed by atoms with Gasteiger partial charge >= 0.3 is 0 Å². The van der Waals surface area contributed by atoms with E-state index in [-0.39, 0.29) is 11.5 Å². The lowest BCUT2D eigenvalue weighted by Crippen LogP contribution is -2.30. The van der Waals surface area contributed by atoms with Crippen LogP contribution >= 0.6 is 11.6 Å². The van der Waals surface area contributed by atoms with Gasteiger partial charge in [-0.2, -0.15) is 0 Å². The summed E-state index contributed by atoms with van der Waals surface area (Å²) in [5, 5.41) is 5.96. The predicted octanol–water partition coefficient (Wildman–Crippen LogP) is 6.54. The summed E-state index contributed by atoms with van der Waals surface area (Å²) >= 11 is 6.16. The molecule has 0 saturated heterocycles. The molecule has 0 aliphatic carbocycles. The van der Waals surface area contributed by atoms with Crippen molar-refractivity contribution in [2.24, 2.45) is 0 Å². The van der Waals surface area contributed by atoms with Gasteiger partial charge in [0.25, 0.3) is 11.8 Å². The first-order valence-electron chi connectivity index (χ1n) is 10.8. The molecular formula is C27H26ClFN2O2. The SMILES string of the molecule is CCCCc1ccc(C(=O)N/C(=C\c2ccc(F)cc2)C(=O)Nc2ccc(C)c(Cl)c2)cc1. The molecule has 3 rings (SSSR count). The van der Waals surface area contributed by atoms with Gasteiger partial charge in [0.2, 0.25) is 0 Å². The smallest absolute Gasteiger partial charge is 0.272 e. The van der Waals surface area contributed by atoms with Crippen LogP contribution in [0.1, 0.15) is 46.8 Å². The van der Waals surface area contributed by atoms with Gasteiger partial charge in [0.15, 0.2) is 0 Å². The summed E-state index contributed by atoms with van der Waals surface area (Å²) in [7, 11) is 0. The quantitative estimate of drug-likeness (QED) is 0.372. The first kappa shape index (κ1) is 24.2. The fourth-order valence-corrected chi connectivity index (χ4v) is 3.33. The van der Waals surface area contributed by atoms with Crippen LogP contribution in [0.5, 0.6) is 0 Å². The standard InChI is InChI=1S/C27H26ClFN2O2/c1-3-4-5-19-7-11-21(12-8-19)26(32)31-25(16-20-9-13-22(29)14-10-20)27(33)30-23-15-6-18(2)24(28)17-23/h6-17H,3-5H2,1-2H3,(H,30,33)(H,31,32)/b25-16-. The molecule has 170 valence electrons. The second-order valence-electron chi connectivity index (χ2n) is 7.78. The fraction of sp³-hybridized carbons (Fsp3) is 0.185. The molecule has 0 aliphatic rings.